The van der Waals surface area contributed by atoms with E-state index in [0.29, 0.717) is 19.3 Å². The average molecular weight is 891 g/mol. The second-order valence-corrected chi connectivity index (χ2v) is 17.4. The number of ether oxygens (including phenoxy) is 3. The molecule has 0 amide bonds. The average Bonchev–Trinajstić information content (AvgIpc) is 3.29. The van der Waals surface area contributed by atoms with Crippen molar-refractivity contribution < 1.29 is 28.6 Å². The van der Waals surface area contributed by atoms with Crippen LogP contribution in [0.2, 0.25) is 0 Å². The van der Waals surface area contributed by atoms with E-state index >= 15 is 0 Å². The molecule has 64 heavy (non-hydrogen) atoms. The first-order chi connectivity index (χ1) is 31.5. The molecule has 0 aliphatic carbocycles. The molecule has 6 nitrogen and oxygen atoms in total. The second-order valence-electron chi connectivity index (χ2n) is 17.4. The molecule has 0 rings (SSSR count). The van der Waals surface area contributed by atoms with Crippen LogP contribution in [0.5, 0.6) is 0 Å². The molecule has 0 saturated heterocycles. The van der Waals surface area contributed by atoms with E-state index in [2.05, 4.69) is 106 Å². The lowest BCUT2D eigenvalue weighted by molar-refractivity contribution is -0.167. The Morgan fingerprint density at radius 2 is 0.625 bits per heavy atom. The molecule has 0 saturated carbocycles. The number of hydrogen-bond donors (Lipinski definition) is 0. The maximum absolute atomic E-state index is 12.8. The predicted molar refractivity (Wildman–Crippen MR) is 274 cm³/mol. The van der Waals surface area contributed by atoms with Crippen molar-refractivity contribution in [1.29, 1.82) is 0 Å². The standard InChI is InChI=1S/C58H98O6/c1-4-7-10-13-16-19-22-24-26-28-29-31-32-34-36-39-42-45-48-51-57(60)63-54-55(53-62-56(59)50-47-44-41-38-21-18-15-12-9-6-3)64-58(61)52-49-46-43-40-37-35-33-30-27-25-23-20-17-14-11-8-5-2/h8,11,16-17,19-20,24-27,33,35,40,43,55H,4-7,9-10,12-15,18,21-23,28-32,34,36-39,41-42,44-54H2,1-3H3/b11-8-,19-16-,20-17-,26-24-,27-25-,35-33-,43-40-/t55-/m1/s1. The Bertz CT molecular complexity index is 1250. The van der Waals surface area contributed by atoms with Crippen LogP contribution in [0.15, 0.2) is 85.1 Å². The predicted octanol–water partition coefficient (Wildman–Crippen LogP) is 17.6. The van der Waals surface area contributed by atoms with Gasteiger partial charge in [-0.2, -0.15) is 0 Å². The molecule has 0 unspecified atom stereocenters. The molecular formula is C58H98O6. The van der Waals surface area contributed by atoms with Gasteiger partial charge in [0.15, 0.2) is 6.10 Å². The number of esters is 3. The molecule has 0 aromatic carbocycles. The zero-order valence-electron chi connectivity index (χ0n) is 41.8. The smallest absolute Gasteiger partial charge is 0.306 e. The van der Waals surface area contributed by atoms with Crippen LogP contribution in [0.4, 0.5) is 0 Å². The van der Waals surface area contributed by atoms with E-state index in [4.69, 9.17) is 14.2 Å². The fourth-order valence-electron chi connectivity index (χ4n) is 7.15. The summed E-state index contributed by atoms with van der Waals surface area (Å²) in [5, 5.41) is 0. The van der Waals surface area contributed by atoms with Gasteiger partial charge in [-0.05, 0) is 89.9 Å². The van der Waals surface area contributed by atoms with Gasteiger partial charge in [0.25, 0.3) is 0 Å². The van der Waals surface area contributed by atoms with Crippen molar-refractivity contribution in [3.8, 4) is 0 Å². The summed E-state index contributed by atoms with van der Waals surface area (Å²) in [7, 11) is 0. The van der Waals surface area contributed by atoms with E-state index in [1.165, 1.54) is 116 Å². The molecule has 0 aliphatic heterocycles. The molecule has 0 aromatic rings. The summed E-state index contributed by atoms with van der Waals surface area (Å²) in [5.74, 6) is -0.963. The number of carbonyl (C=O) groups excluding carboxylic acids is 3. The van der Waals surface area contributed by atoms with Crippen molar-refractivity contribution in [3.05, 3.63) is 85.1 Å². The Hall–Kier alpha value is -3.41. The van der Waals surface area contributed by atoms with E-state index in [9.17, 15) is 14.4 Å². The zero-order valence-corrected chi connectivity index (χ0v) is 41.8. The molecule has 0 aromatic heterocycles. The third-order valence-electron chi connectivity index (χ3n) is 11.1. The van der Waals surface area contributed by atoms with Crippen LogP contribution in [0.1, 0.15) is 245 Å². The van der Waals surface area contributed by atoms with Crippen LogP contribution < -0.4 is 0 Å². The first-order valence-electron chi connectivity index (χ1n) is 26.6. The Morgan fingerprint density at radius 3 is 1.03 bits per heavy atom. The molecule has 0 bridgehead atoms. The van der Waals surface area contributed by atoms with Gasteiger partial charge in [0.05, 0.1) is 0 Å². The highest BCUT2D eigenvalue weighted by Gasteiger charge is 2.19. The summed E-state index contributed by atoms with van der Waals surface area (Å²) >= 11 is 0. The summed E-state index contributed by atoms with van der Waals surface area (Å²) in [5.41, 5.74) is 0. The highest BCUT2D eigenvalue weighted by Crippen LogP contribution is 2.14. The Morgan fingerprint density at radius 1 is 0.328 bits per heavy atom. The molecule has 0 heterocycles. The molecule has 0 N–H and O–H groups in total. The van der Waals surface area contributed by atoms with Gasteiger partial charge in [0.2, 0.25) is 0 Å². The van der Waals surface area contributed by atoms with Gasteiger partial charge in [0, 0.05) is 19.3 Å². The van der Waals surface area contributed by atoms with Crippen molar-refractivity contribution in [2.24, 2.45) is 0 Å². The van der Waals surface area contributed by atoms with E-state index < -0.39 is 6.10 Å². The molecule has 0 spiro atoms. The van der Waals surface area contributed by atoms with Gasteiger partial charge in [-0.15, -0.1) is 0 Å². The largest absolute Gasteiger partial charge is 0.462 e. The second kappa shape index (κ2) is 52.2. The minimum atomic E-state index is -0.805. The Balaban J connectivity index is 4.42. The summed E-state index contributed by atoms with van der Waals surface area (Å²) in [6.07, 6.45) is 67.2. The molecular weight excluding hydrogens is 793 g/mol. The third kappa shape index (κ3) is 49.6. The number of hydrogen-bond acceptors (Lipinski definition) is 6. The fraction of sp³-hybridized carbons (Fsp3) is 0.707. The molecule has 0 radical (unpaired) electrons. The fourth-order valence-corrected chi connectivity index (χ4v) is 7.15. The Labute approximate surface area is 395 Å². The highest BCUT2D eigenvalue weighted by atomic mass is 16.6. The lowest BCUT2D eigenvalue weighted by Gasteiger charge is -2.18. The molecule has 0 fully saturated rings. The minimum absolute atomic E-state index is 0.0993. The van der Waals surface area contributed by atoms with Crippen LogP contribution in [-0.2, 0) is 28.6 Å². The number of unbranched alkanes of at least 4 members (excludes halogenated alkanes) is 22. The first-order valence-corrected chi connectivity index (χ1v) is 26.6. The summed E-state index contributed by atoms with van der Waals surface area (Å²) in [4.78, 5) is 38.0. The van der Waals surface area contributed by atoms with E-state index in [1.807, 2.05) is 0 Å². The van der Waals surface area contributed by atoms with Gasteiger partial charge < -0.3 is 14.2 Å². The summed E-state index contributed by atoms with van der Waals surface area (Å²) < 4.78 is 16.7. The highest BCUT2D eigenvalue weighted by molar-refractivity contribution is 5.71. The van der Waals surface area contributed by atoms with Crippen molar-refractivity contribution in [1.82, 2.24) is 0 Å². The number of allylic oxidation sites excluding steroid dienone is 14. The van der Waals surface area contributed by atoms with Crippen LogP contribution in [-0.4, -0.2) is 37.2 Å². The summed E-state index contributed by atoms with van der Waals surface area (Å²) in [6, 6.07) is 0. The topological polar surface area (TPSA) is 78.9 Å². The normalized spacial score (nSPS) is 12.7. The van der Waals surface area contributed by atoms with Gasteiger partial charge in [-0.3, -0.25) is 14.4 Å². The SMILES string of the molecule is CC/C=C\C/C=C\C/C=C\C/C=C\C/C=C\CCCC(=O)O[C@H](COC(=O)CCCCCCCCCCCC)COC(=O)CCCCCCCCCCC/C=C\C/C=C\CCCCC. The number of carbonyl (C=O) groups is 3. The monoisotopic (exact) mass is 891 g/mol. The zero-order chi connectivity index (χ0) is 46.5. The van der Waals surface area contributed by atoms with Crippen LogP contribution in [0.3, 0.4) is 0 Å². The van der Waals surface area contributed by atoms with Crippen LogP contribution in [0, 0.1) is 0 Å². The Kier molecular flexibility index (Phi) is 49.4. The lowest BCUT2D eigenvalue weighted by atomic mass is 10.1. The van der Waals surface area contributed by atoms with E-state index in [1.54, 1.807) is 0 Å². The summed E-state index contributed by atoms with van der Waals surface area (Å²) in [6.45, 7) is 6.44. The van der Waals surface area contributed by atoms with Crippen molar-refractivity contribution in [2.45, 2.75) is 252 Å². The van der Waals surface area contributed by atoms with Crippen molar-refractivity contribution >= 4 is 17.9 Å². The maximum Gasteiger partial charge on any atom is 0.306 e. The van der Waals surface area contributed by atoms with Gasteiger partial charge in [-0.1, -0.05) is 221 Å². The lowest BCUT2D eigenvalue weighted by Crippen LogP contribution is -2.30. The third-order valence-corrected chi connectivity index (χ3v) is 11.1. The molecule has 6 heteroatoms. The van der Waals surface area contributed by atoms with E-state index in [0.717, 1.165) is 83.5 Å². The quantitative estimate of drug-likeness (QED) is 0.0262. The van der Waals surface area contributed by atoms with Gasteiger partial charge in [0.1, 0.15) is 13.2 Å². The van der Waals surface area contributed by atoms with Gasteiger partial charge in [-0.25, -0.2) is 0 Å². The van der Waals surface area contributed by atoms with Crippen LogP contribution >= 0.6 is 0 Å². The first kappa shape index (κ1) is 60.6. The molecule has 366 valence electrons. The van der Waals surface area contributed by atoms with Crippen molar-refractivity contribution in [2.75, 3.05) is 13.2 Å². The number of rotatable bonds is 47. The van der Waals surface area contributed by atoms with Crippen LogP contribution in [0.25, 0.3) is 0 Å². The van der Waals surface area contributed by atoms with Gasteiger partial charge >= 0.3 is 17.9 Å². The molecule has 1 atom stereocenters. The minimum Gasteiger partial charge on any atom is -0.462 e. The van der Waals surface area contributed by atoms with E-state index in [-0.39, 0.29) is 37.5 Å². The maximum atomic E-state index is 12.8. The molecule has 0 aliphatic rings. The van der Waals surface area contributed by atoms with Crippen molar-refractivity contribution in [3.63, 3.8) is 0 Å².